The molecule has 2 rings (SSSR count). The summed E-state index contributed by atoms with van der Waals surface area (Å²) in [4.78, 5) is 32.6. The Labute approximate surface area is 93.5 Å². The number of piperidine rings is 1. The van der Waals surface area contributed by atoms with Gasteiger partial charge >= 0.3 is 0 Å². The molecule has 16 heavy (non-hydrogen) atoms. The number of hydrogen-bond acceptors (Lipinski definition) is 4. The predicted octanol–water partition coefficient (Wildman–Crippen LogP) is 1.16. The third kappa shape index (κ3) is 1.93. The first-order valence-corrected chi connectivity index (χ1v) is 5.12. The lowest BCUT2D eigenvalue weighted by molar-refractivity contribution is -0.132. The second-order valence-electron chi connectivity index (χ2n) is 4.69. The minimum absolute atomic E-state index is 0.174. The summed E-state index contributed by atoms with van der Waals surface area (Å²) in [6, 6.07) is 1.65. The summed E-state index contributed by atoms with van der Waals surface area (Å²) in [6.07, 6.45) is 3.72. The molecule has 0 bridgehead atoms. The molecule has 0 radical (unpaired) electrons. The highest BCUT2D eigenvalue weighted by Gasteiger charge is 2.39. The molecule has 0 N–H and O–H groups in total. The Morgan fingerprint density at radius 1 is 1.12 bits per heavy atom. The molecular weight excluding hydrogens is 206 g/mol. The van der Waals surface area contributed by atoms with Crippen molar-refractivity contribution in [2.24, 2.45) is 5.41 Å². The number of carbonyl (C=O) groups is 2. The molecule has 0 atom stereocenters. The molecule has 84 valence electrons. The molecule has 0 saturated carbocycles. The lowest BCUT2D eigenvalue weighted by Crippen LogP contribution is -2.47. The van der Waals surface area contributed by atoms with Crippen molar-refractivity contribution in [3.8, 4) is 0 Å². The molecule has 1 aliphatic rings. The summed E-state index contributed by atoms with van der Waals surface area (Å²) < 4.78 is 0. The van der Waals surface area contributed by atoms with Crippen molar-refractivity contribution in [3.05, 3.63) is 18.5 Å². The average molecular weight is 219 g/mol. The van der Waals surface area contributed by atoms with E-state index in [2.05, 4.69) is 9.97 Å². The largest absolute Gasteiger partial charge is 0.274 e. The topological polar surface area (TPSA) is 63.2 Å². The third-order valence-electron chi connectivity index (χ3n) is 2.51. The zero-order valence-electron chi connectivity index (χ0n) is 9.30. The van der Waals surface area contributed by atoms with Gasteiger partial charge in [-0.3, -0.25) is 9.59 Å². The Balaban J connectivity index is 2.31. The fraction of sp³-hybridized carbons (Fsp3) is 0.455. The lowest BCUT2D eigenvalue weighted by atomic mass is 9.82. The Morgan fingerprint density at radius 3 is 2.12 bits per heavy atom. The standard InChI is InChI=1S/C11H13N3O2/c1-11(2)6-8(15)14(9(16)7-11)10-12-4-3-5-13-10/h3-5H,6-7H2,1-2H3. The summed E-state index contributed by atoms with van der Waals surface area (Å²) >= 11 is 0. The van der Waals surface area contributed by atoms with Crippen molar-refractivity contribution in [3.63, 3.8) is 0 Å². The van der Waals surface area contributed by atoms with E-state index in [9.17, 15) is 9.59 Å². The van der Waals surface area contributed by atoms with E-state index in [4.69, 9.17) is 0 Å². The SMILES string of the molecule is CC1(C)CC(=O)N(c2ncccn2)C(=O)C1. The van der Waals surface area contributed by atoms with Gasteiger partial charge in [-0.2, -0.15) is 0 Å². The van der Waals surface area contributed by atoms with Gasteiger partial charge in [-0.05, 0) is 11.5 Å². The number of rotatable bonds is 1. The van der Waals surface area contributed by atoms with Gasteiger partial charge in [0.15, 0.2) is 0 Å². The fourth-order valence-electron chi connectivity index (χ4n) is 1.81. The van der Waals surface area contributed by atoms with Crippen LogP contribution in [0.4, 0.5) is 5.95 Å². The number of aromatic nitrogens is 2. The van der Waals surface area contributed by atoms with E-state index >= 15 is 0 Å². The molecule has 0 aromatic carbocycles. The number of hydrogen-bond donors (Lipinski definition) is 0. The zero-order chi connectivity index (χ0) is 11.8. The van der Waals surface area contributed by atoms with E-state index in [1.54, 1.807) is 6.07 Å². The van der Waals surface area contributed by atoms with E-state index in [1.165, 1.54) is 12.4 Å². The number of nitrogens with zero attached hydrogens (tertiary/aromatic N) is 3. The van der Waals surface area contributed by atoms with Crippen molar-refractivity contribution in [2.45, 2.75) is 26.7 Å². The highest BCUT2D eigenvalue weighted by Crippen LogP contribution is 2.32. The Kier molecular flexibility index (Phi) is 2.46. The second kappa shape index (κ2) is 3.66. The molecule has 0 aliphatic carbocycles. The molecule has 5 nitrogen and oxygen atoms in total. The molecule has 2 amide bonds. The van der Waals surface area contributed by atoms with Crippen LogP contribution in [0, 0.1) is 5.41 Å². The molecule has 0 spiro atoms. The predicted molar refractivity (Wildman–Crippen MR) is 57.5 cm³/mol. The van der Waals surface area contributed by atoms with Gasteiger partial charge in [0.05, 0.1) is 0 Å². The maximum Gasteiger partial charge on any atom is 0.239 e. The molecule has 5 heteroatoms. The molecular formula is C11H13N3O2. The summed E-state index contributed by atoms with van der Waals surface area (Å²) in [6.45, 7) is 3.82. The maximum atomic E-state index is 11.8. The molecule has 1 saturated heterocycles. The van der Waals surface area contributed by atoms with Crippen LogP contribution in [0.5, 0.6) is 0 Å². The summed E-state index contributed by atoms with van der Waals surface area (Å²) in [5.41, 5.74) is -0.264. The average Bonchev–Trinajstić information content (AvgIpc) is 2.16. The van der Waals surface area contributed by atoms with Crippen molar-refractivity contribution < 1.29 is 9.59 Å². The first kappa shape index (κ1) is 10.7. The van der Waals surface area contributed by atoms with Gasteiger partial charge in [-0.15, -0.1) is 0 Å². The fourth-order valence-corrected chi connectivity index (χ4v) is 1.81. The van der Waals surface area contributed by atoms with Gasteiger partial charge < -0.3 is 0 Å². The summed E-state index contributed by atoms with van der Waals surface area (Å²) in [5, 5.41) is 0. The smallest absolute Gasteiger partial charge is 0.239 e. The van der Waals surface area contributed by atoms with Crippen LogP contribution in [-0.2, 0) is 9.59 Å². The molecule has 0 unspecified atom stereocenters. The lowest BCUT2D eigenvalue weighted by Gasteiger charge is -2.33. The van der Waals surface area contributed by atoms with Crippen molar-refractivity contribution in [1.82, 2.24) is 9.97 Å². The number of imide groups is 1. The normalized spacial score (nSPS) is 20.0. The van der Waals surface area contributed by atoms with Crippen molar-refractivity contribution in [2.75, 3.05) is 4.90 Å². The van der Waals surface area contributed by atoms with Gasteiger partial charge in [0, 0.05) is 25.2 Å². The molecule has 2 heterocycles. The van der Waals surface area contributed by atoms with E-state index in [-0.39, 0.29) is 23.2 Å². The van der Waals surface area contributed by atoms with Gasteiger partial charge in [-0.25, -0.2) is 14.9 Å². The van der Waals surface area contributed by atoms with Gasteiger partial charge in [0.1, 0.15) is 0 Å². The van der Waals surface area contributed by atoms with Crippen molar-refractivity contribution in [1.29, 1.82) is 0 Å². The van der Waals surface area contributed by atoms with E-state index in [1.807, 2.05) is 13.8 Å². The van der Waals surface area contributed by atoms with Crippen LogP contribution in [0.3, 0.4) is 0 Å². The van der Waals surface area contributed by atoms with Crippen LogP contribution in [0.2, 0.25) is 0 Å². The van der Waals surface area contributed by atoms with Crippen LogP contribution < -0.4 is 4.90 Å². The summed E-state index contributed by atoms with van der Waals surface area (Å²) in [7, 11) is 0. The van der Waals surface area contributed by atoms with Crippen LogP contribution >= 0.6 is 0 Å². The molecule has 1 aromatic rings. The monoisotopic (exact) mass is 219 g/mol. The Bertz CT molecular complexity index is 408. The number of carbonyl (C=O) groups excluding carboxylic acids is 2. The van der Waals surface area contributed by atoms with Crippen molar-refractivity contribution >= 4 is 17.8 Å². The quantitative estimate of drug-likeness (QED) is 0.665. The van der Waals surface area contributed by atoms with E-state index in [0.717, 1.165) is 4.90 Å². The minimum atomic E-state index is -0.264. The Hall–Kier alpha value is -1.78. The molecule has 1 aromatic heterocycles. The first-order valence-electron chi connectivity index (χ1n) is 5.12. The van der Waals surface area contributed by atoms with Crippen LogP contribution in [0.1, 0.15) is 26.7 Å². The summed E-state index contributed by atoms with van der Waals surface area (Å²) in [5.74, 6) is -0.284. The van der Waals surface area contributed by atoms with E-state index < -0.39 is 0 Å². The van der Waals surface area contributed by atoms with Crippen LogP contribution in [0.25, 0.3) is 0 Å². The highest BCUT2D eigenvalue weighted by atomic mass is 16.2. The van der Waals surface area contributed by atoms with Gasteiger partial charge in [0.25, 0.3) is 0 Å². The minimum Gasteiger partial charge on any atom is -0.274 e. The maximum absolute atomic E-state index is 11.8. The number of amides is 2. The number of anilines is 1. The third-order valence-corrected chi connectivity index (χ3v) is 2.51. The highest BCUT2D eigenvalue weighted by molar-refractivity contribution is 6.15. The molecule has 1 aliphatic heterocycles. The van der Waals surface area contributed by atoms with Gasteiger partial charge in [0.2, 0.25) is 17.8 Å². The first-order chi connectivity index (χ1) is 7.49. The van der Waals surface area contributed by atoms with E-state index in [0.29, 0.717) is 12.8 Å². The second-order valence-corrected chi connectivity index (χ2v) is 4.69. The van der Waals surface area contributed by atoms with Crippen LogP contribution in [-0.4, -0.2) is 21.8 Å². The van der Waals surface area contributed by atoms with Crippen LogP contribution in [0.15, 0.2) is 18.5 Å². The molecule has 1 fully saturated rings. The zero-order valence-corrected chi connectivity index (χ0v) is 9.30. The Morgan fingerprint density at radius 2 is 1.62 bits per heavy atom. The van der Waals surface area contributed by atoms with Gasteiger partial charge in [-0.1, -0.05) is 13.8 Å².